The highest BCUT2D eigenvalue weighted by atomic mass is 16.7. The van der Waals surface area contributed by atoms with Crippen LogP contribution < -0.4 is 0 Å². The molecule has 3 aromatic rings. The Kier molecular flexibility index (Phi) is 11.3. The summed E-state index contributed by atoms with van der Waals surface area (Å²) in [6.07, 6.45) is -2.99. The Morgan fingerprint density at radius 2 is 1.17 bits per heavy atom. The number of rotatable bonds is 13. The lowest BCUT2D eigenvalue weighted by Gasteiger charge is -2.46. The molecule has 0 bridgehead atoms. The Morgan fingerprint density at radius 3 is 1.68 bits per heavy atom. The van der Waals surface area contributed by atoms with E-state index in [0.29, 0.717) is 32.8 Å². The van der Waals surface area contributed by atoms with E-state index in [9.17, 15) is 5.11 Å². The zero-order valence-corrected chi connectivity index (χ0v) is 23.5. The molecule has 2 heterocycles. The van der Waals surface area contributed by atoms with Crippen molar-refractivity contribution in [3.8, 4) is 0 Å². The molecule has 0 amide bonds. The first-order valence-corrected chi connectivity index (χ1v) is 14.3. The normalized spacial score (nSPS) is 28.4. The molecule has 0 unspecified atom stereocenters. The van der Waals surface area contributed by atoms with Gasteiger partial charge in [0.05, 0.1) is 26.4 Å². The molecule has 0 aromatic heterocycles. The smallest absolute Gasteiger partial charge is 0.186 e. The van der Waals surface area contributed by atoms with Crippen molar-refractivity contribution in [2.75, 3.05) is 20.3 Å². The molecule has 3 aromatic carbocycles. The average molecular weight is 565 g/mol. The average Bonchev–Trinajstić information content (AvgIpc) is 3.03. The molecule has 2 aliphatic rings. The molecule has 2 aliphatic heterocycles. The predicted octanol–water partition coefficient (Wildman–Crippen LogP) is 4.63. The third kappa shape index (κ3) is 8.44. The summed E-state index contributed by atoms with van der Waals surface area (Å²) in [7, 11) is 1.59. The fourth-order valence-electron chi connectivity index (χ4n) is 5.16. The van der Waals surface area contributed by atoms with Crippen molar-refractivity contribution < 1.29 is 38.3 Å². The van der Waals surface area contributed by atoms with E-state index in [2.05, 4.69) is 0 Å². The molecule has 0 aliphatic carbocycles. The van der Waals surface area contributed by atoms with Crippen LogP contribution in [0, 0.1) is 0 Å². The lowest BCUT2D eigenvalue weighted by molar-refractivity contribution is -0.330. The minimum atomic E-state index is -0.734. The minimum Gasteiger partial charge on any atom is -0.388 e. The molecular formula is C33H40O8. The summed E-state index contributed by atoms with van der Waals surface area (Å²) in [5.74, 6) is 0. The molecule has 41 heavy (non-hydrogen) atoms. The highest BCUT2D eigenvalue weighted by Gasteiger charge is 2.49. The van der Waals surface area contributed by atoms with E-state index >= 15 is 0 Å². The molecule has 0 saturated carbocycles. The molecule has 2 fully saturated rings. The third-order valence-corrected chi connectivity index (χ3v) is 7.34. The molecule has 220 valence electrons. The fraction of sp³-hybridized carbons (Fsp3) is 0.455. The zero-order chi connectivity index (χ0) is 28.3. The van der Waals surface area contributed by atoms with Gasteiger partial charge in [0.1, 0.15) is 30.5 Å². The van der Waals surface area contributed by atoms with Crippen LogP contribution in [0.1, 0.15) is 29.5 Å². The SMILES string of the molecule is CO[C@H]1O[C@H](CO[C@H]2OCCC[C@H]2O)[C@@H](OCc2ccccc2)[C@H](OCc2ccccc2)[C@H]1OCc1ccccc1. The van der Waals surface area contributed by atoms with E-state index in [0.717, 1.165) is 23.1 Å². The van der Waals surface area contributed by atoms with Gasteiger partial charge in [-0.15, -0.1) is 0 Å². The van der Waals surface area contributed by atoms with Gasteiger partial charge in [-0.1, -0.05) is 91.0 Å². The van der Waals surface area contributed by atoms with Crippen molar-refractivity contribution in [3.05, 3.63) is 108 Å². The highest BCUT2D eigenvalue weighted by molar-refractivity contribution is 5.15. The van der Waals surface area contributed by atoms with E-state index in [1.807, 2.05) is 91.0 Å². The number of ether oxygens (including phenoxy) is 7. The van der Waals surface area contributed by atoms with E-state index in [-0.39, 0.29) is 6.61 Å². The minimum absolute atomic E-state index is 0.123. The Hall–Kier alpha value is -2.66. The van der Waals surface area contributed by atoms with Crippen LogP contribution in [0.5, 0.6) is 0 Å². The first-order valence-electron chi connectivity index (χ1n) is 14.3. The van der Waals surface area contributed by atoms with Gasteiger partial charge in [0.15, 0.2) is 12.6 Å². The largest absolute Gasteiger partial charge is 0.388 e. The Balaban J connectivity index is 1.39. The van der Waals surface area contributed by atoms with Crippen LogP contribution in [0.2, 0.25) is 0 Å². The van der Waals surface area contributed by atoms with Gasteiger partial charge in [0.2, 0.25) is 0 Å². The van der Waals surface area contributed by atoms with Crippen molar-refractivity contribution >= 4 is 0 Å². The van der Waals surface area contributed by atoms with Gasteiger partial charge in [0, 0.05) is 13.7 Å². The topological polar surface area (TPSA) is 84.8 Å². The van der Waals surface area contributed by atoms with Crippen LogP contribution in [0.25, 0.3) is 0 Å². The summed E-state index contributed by atoms with van der Waals surface area (Å²) in [6, 6.07) is 29.9. The van der Waals surface area contributed by atoms with Gasteiger partial charge in [-0.25, -0.2) is 0 Å². The number of aliphatic hydroxyl groups excluding tert-OH is 1. The summed E-state index contributed by atoms with van der Waals surface area (Å²) in [4.78, 5) is 0. The summed E-state index contributed by atoms with van der Waals surface area (Å²) in [5.41, 5.74) is 3.08. The standard InChI is InChI=1S/C33H40O8/c1-35-33-31(39-22-26-16-9-4-10-17-26)30(38-21-25-14-7-3-8-15-25)29(37-20-24-12-5-2-6-13-24)28(41-33)23-40-32-27(34)18-11-19-36-32/h2-10,12-17,27-34H,11,18-23H2,1H3/t27-,28-,29-,30+,31-,32-,33+/m1/s1. The summed E-state index contributed by atoms with van der Waals surface area (Å²) >= 11 is 0. The lowest BCUT2D eigenvalue weighted by Crippen LogP contribution is -2.62. The molecule has 5 rings (SSSR count). The second-order valence-corrected chi connectivity index (χ2v) is 10.3. The first kappa shape index (κ1) is 29.8. The van der Waals surface area contributed by atoms with Crippen molar-refractivity contribution in [3.63, 3.8) is 0 Å². The van der Waals surface area contributed by atoms with Gasteiger partial charge in [-0.3, -0.25) is 0 Å². The first-order chi connectivity index (χ1) is 20.2. The highest BCUT2D eigenvalue weighted by Crippen LogP contribution is 2.31. The van der Waals surface area contributed by atoms with E-state index in [1.165, 1.54) is 0 Å². The van der Waals surface area contributed by atoms with E-state index in [1.54, 1.807) is 7.11 Å². The number of hydrogen-bond donors (Lipinski definition) is 1. The van der Waals surface area contributed by atoms with Crippen LogP contribution >= 0.6 is 0 Å². The molecule has 0 radical (unpaired) electrons. The predicted molar refractivity (Wildman–Crippen MR) is 152 cm³/mol. The maximum absolute atomic E-state index is 10.4. The number of methoxy groups -OCH3 is 1. The second kappa shape index (κ2) is 15.5. The van der Waals surface area contributed by atoms with Crippen LogP contribution in [0.3, 0.4) is 0 Å². The summed E-state index contributed by atoms with van der Waals surface area (Å²) < 4.78 is 43.6. The van der Waals surface area contributed by atoms with Crippen LogP contribution in [0.15, 0.2) is 91.0 Å². The second-order valence-electron chi connectivity index (χ2n) is 10.3. The zero-order valence-electron chi connectivity index (χ0n) is 23.5. The molecule has 7 atom stereocenters. The van der Waals surface area contributed by atoms with Gasteiger partial charge >= 0.3 is 0 Å². The van der Waals surface area contributed by atoms with Crippen LogP contribution in [0.4, 0.5) is 0 Å². The number of aliphatic hydroxyl groups is 1. The molecule has 2 saturated heterocycles. The van der Waals surface area contributed by atoms with Crippen LogP contribution in [-0.4, -0.2) is 68.5 Å². The van der Waals surface area contributed by atoms with Gasteiger partial charge in [-0.05, 0) is 29.5 Å². The van der Waals surface area contributed by atoms with E-state index < -0.39 is 43.1 Å². The fourth-order valence-corrected chi connectivity index (χ4v) is 5.16. The Labute approximate surface area is 242 Å². The molecule has 0 spiro atoms. The lowest BCUT2D eigenvalue weighted by atomic mass is 9.97. The maximum Gasteiger partial charge on any atom is 0.186 e. The van der Waals surface area contributed by atoms with Gasteiger partial charge < -0.3 is 38.3 Å². The van der Waals surface area contributed by atoms with Crippen molar-refractivity contribution in [2.24, 2.45) is 0 Å². The maximum atomic E-state index is 10.4. The molecule has 8 heteroatoms. The molecule has 8 nitrogen and oxygen atoms in total. The molecular weight excluding hydrogens is 524 g/mol. The monoisotopic (exact) mass is 564 g/mol. The Morgan fingerprint density at radius 1 is 0.659 bits per heavy atom. The van der Waals surface area contributed by atoms with Crippen molar-refractivity contribution in [2.45, 2.75) is 75.8 Å². The summed E-state index contributed by atoms with van der Waals surface area (Å²) in [5, 5.41) is 10.4. The van der Waals surface area contributed by atoms with Crippen molar-refractivity contribution in [1.29, 1.82) is 0 Å². The molecule has 1 N–H and O–H groups in total. The van der Waals surface area contributed by atoms with Crippen molar-refractivity contribution in [1.82, 2.24) is 0 Å². The summed E-state index contributed by atoms with van der Waals surface area (Å²) in [6.45, 7) is 1.73. The van der Waals surface area contributed by atoms with Gasteiger partial charge in [0.25, 0.3) is 0 Å². The third-order valence-electron chi connectivity index (χ3n) is 7.34. The van der Waals surface area contributed by atoms with E-state index in [4.69, 9.17) is 33.2 Å². The van der Waals surface area contributed by atoms with Crippen LogP contribution in [-0.2, 0) is 53.0 Å². The van der Waals surface area contributed by atoms with Gasteiger partial charge in [-0.2, -0.15) is 0 Å². The number of hydrogen-bond acceptors (Lipinski definition) is 8. The quantitative estimate of drug-likeness (QED) is 0.322. The number of benzene rings is 3. The Bertz CT molecular complexity index is 1130.